The molecule has 1 aliphatic heterocycles. The number of hydrogen-bond donors (Lipinski definition) is 1. The zero-order valence-electron chi connectivity index (χ0n) is 16.2. The molecule has 0 bridgehead atoms. The predicted octanol–water partition coefficient (Wildman–Crippen LogP) is 3.22. The molecule has 9 heteroatoms. The molecule has 1 saturated carbocycles. The third-order valence-corrected chi connectivity index (χ3v) is 9.19. The van der Waals surface area contributed by atoms with E-state index < -0.39 is 14.6 Å². The summed E-state index contributed by atoms with van der Waals surface area (Å²) < 4.78 is 25.0. The van der Waals surface area contributed by atoms with Gasteiger partial charge in [0.15, 0.2) is 15.8 Å². The van der Waals surface area contributed by atoms with Crippen LogP contribution in [0.1, 0.15) is 55.8 Å². The van der Waals surface area contributed by atoms with E-state index in [1.165, 1.54) is 4.88 Å². The second-order valence-corrected chi connectivity index (χ2v) is 10.9. The van der Waals surface area contributed by atoms with Gasteiger partial charge in [0.25, 0.3) is 0 Å². The molecule has 27 heavy (non-hydrogen) atoms. The summed E-state index contributed by atoms with van der Waals surface area (Å²) in [5.41, 5.74) is 0. The number of thiazole rings is 1. The normalized spacial score (nSPS) is 21.7. The lowest BCUT2D eigenvalue weighted by Gasteiger charge is -2.45. The number of guanidine groups is 1. The Hall–Kier alpha value is -0.420. The van der Waals surface area contributed by atoms with Crippen molar-refractivity contribution in [3.63, 3.8) is 0 Å². The lowest BCUT2D eigenvalue weighted by Crippen LogP contribution is -2.60. The Morgan fingerprint density at radius 1 is 1.33 bits per heavy atom. The highest BCUT2D eigenvalue weighted by Crippen LogP contribution is 2.38. The van der Waals surface area contributed by atoms with Crippen molar-refractivity contribution in [1.29, 1.82) is 0 Å². The molecule has 1 spiro atoms. The smallest absolute Gasteiger partial charge is 0.194 e. The first-order valence-corrected chi connectivity index (χ1v) is 12.2. The van der Waals surface area contributed by atoms with Crippen LogP contribution in [0.3, 0.4) is 0 Å². The molecule has 1 saturated heterocycles. The van der Waals surface area contributed by atoms with Gasteiger partial charge in [0.1, 0.15) is 5.01 Å². The molecule has 6 nitrogen and oxygen atoms in total. The highest BCUT2D eigenvalue weighted by Gasteiger charge is 2.48. The van der Waals surface area contributed by atoms with E-state index in [4.69, 9.17) is 4.99 Å². The second-order valence-electron chi connectivity index (χ2n) is 7.23. The van der Waals surface area contributed by atoms with Gasteiger partial charge in [0.2, 0.25) is 0 Å². The summed E-state index contributed by atoms with van der Waals surface area (Å²) in [6.45, 7) is 6.58. The van der Waals surface area contributed by atoms with E-state index in [1.54, 1.807) is 11.3 Å². The summed E-state index contributed by atoms with van der Waals surface area (Å²) in [5, 5.41) is 4.36. The Labute approximate surface area is 184 Å². The maximum Gasteiger partial charge on any atom is 0.194 e. The lowest BCUT2D eigenvalue weighted by molar-refractivity contribution is 0.274. The van der Waals surface area contributed by atoms with Crippen molar-refractivity contribution >= 4 is 51.1 Å². The van der Waals surface area contributed by atoms with Gasteiger partial charge >= 0.3 is 0 Å². The highest BCUT2D eigenvalue weighted by atomic mass is 127. The Balaban J connectivity index is 0.00000261. The van der Waals surface area contributed by atoms with Crippen molar-refractivity contribution in [2.24, 2.45) is 4.99 Å². The fraction of sp³-hybridized carbons (Fsp3) is 0.778. The highest BCUT2D eigenvalue weighted by molar-refractivity contribution is 14.0. The average Bonchev–Trinajstić information content (AvgIpc) is 3.10. The number of halogens is 1. The first kappa shape index (κ1) is 22.9. The Morgan fingerprint density at radius 2 is 2.07 bits per heavy atom. The summed E-state index contributed by atoms with van der Waals surface area (Å²) in [5.74, 6) is 1.05. The van der Waals surface area contributed by atoms with Gasteiger partial charge in [-0.15, -0.1) is 35.3 Å². The number of aryl methyl sites for hydroxylation is 1. The van der Waals surface area contributed by atoms with Gasteiger partial charge in [0.05, 0.1) is 17.0 Å². The van der Waals surface area contributed by atoms with Crippen LogP contribution in [-0.4, -0.2) is 54.4 Å². The molecule has 1 aliphatic carbocycles. The first-order chi connectivity index (χ1) is 12.5. The quantitative estimate of drug-likeness (QED) is 0.371. The third-order valence-electron chi connectivity index (χ3n) is 5.48. The minimum absolute atomic E-state index is 0. The standard InChI is InChI=1S/C18H30N4O2S2.HI/c1-3-15-12-20-16(25-15)13-21-17(19-4-2)22-10-11-26(23,24)18(14-22)8-6-5-7-9-18;/h12H,3-11,13-14H2,1-2H3,(H,19,21);1H. The van der Waals surface area contributed by atoms with E-state index in [0.29, 0.717) is 19.6 Å². The molecule has 0 aromatic carbocycles. The Kier molecular flexibility index (Phi) is 8.35. The van der Waals surface area contributed by atoms with Crippen molar-refractivity contribution in [3.8, 4) is 0 Å². The molecule has 3 rings (SSSR count). The number of hydrogen-bond acceptors (Lipinski definition) is 5. The summed E-state index contributed by atoms with van der Waals surface area (Å²) in [7, 11) is -3.03. The maximum atomic E-state index is 12.8. The Morgan fingerprint density at radius 3 is 2.70 bits per heavy atom. The van der Waals surface area contributed by atoms with E-state index in [2.05, 4.69) is 22.1 Å². The molecule has 2 heterocycles. The number of nitrogens with zero attached hydrogens (tertiary/aromatic N) is 3. The molecule has 1 N–H and O–H groups in total. The summed E-state index contributed by atoms with van der Waals surface area (Å²) in [6.07, 6.45) is 7.67. The molecule has 0 radical (unpaired) electrons. The fourth-order valence-electron chi connectivity index (χ4n) is 3.97. The monoisotopic (exact) mass is 526 g/mol. The molecule has 2 aliphatic rings. The minimum Gasteiger partial charge on any atom is -0.357 e. The van der Waals surface area contributed by atoms with Crippen LogP contribution in [0.5, 0.6) is 0 Å². The predicted molar refractivity (Wildman–Crippen MR) is 123 cm³/mol. The zero-order valence-corrected chi connectivity index (χ0v) is 20.2. The van der Waals surface area contributed by atoms with Gasteiger partial charge in [-0.3, -0.25) is 0 Å². The number of sulfone groups is 1. The van der Waals surface area contributed by atoms with E-state index in [-0.39, 0.29) is 29.7 Å². The number of rotatable bonds is 4. The van der Waals surface area contributed by atoms with Gasteiger partial charge in [0, 0.05) is 30.7 Å². The van der Waals surface area contributed by atoms with E-state index in [1.807, 2.05) is 13.1 Å². The van der Waals surface area contributed by atoms with Crippen molar-refractivity contribution in [2.45, 2.75) is 63.7 Å². The molecule has 1 aromatic rings. The SMILES string of the molecule is CCNC(=NCc1ncc(CC)s1)N1CCS(=O)(=O)C2(CCCCC2)C1.I. The van der Waals surface area contributed by atoms with Crippen molar-refractivity contribution in [2.75, 3.05) is 25.4 Å². The van der Waals surface area contributed by atoms with Crippen LogP contribution >= 0.6 is 35.3 Å². The van der Waals surface area contributed by atoms with Crippen LogP contribution in [-0.2, 0) is 22.8 Å². The van der Waals surface area contributed by atoms with Crippen molar-refractivity contribution in [3.05, 3.63) is 16.1 Å². The van der Waals surface area contributed by atoms with E-state index >= 15 is 0 Å². The van der Waals surface area contributed by atoms with Gasteiger partial charge in [-0.2, -0.15) is 0 Å². The summed E-state index contributed by atoms with van der Waals surface area (Å²) in [6, 6.07) is 0. The zero-order chi connectivity index (χ0) is 18.6. The van der Waals surface area contributed by atoms with Crippen LogP contribution in [0, 0.1) is 0 Å². The maximum absolute atomic E-state index is 12.8. The van der Waals surface area contributed by atoms with Gasteiger partial charge < -0.3 is 10.2 Å². The lowest BCUT2D eigenvalue weighted by atomic mass is 9.87. The molecule has 0 unspecified atom stereocenters. The van der Waals surface area contributed by atoms with Gasteiger partial charge in [-0.05, 0) is 26.2 Å². The Bertz CT molecular complexity index is 742. The summed E-state index contributed by atoms with van der Waals surface area (Å²) >= 11 is 1.70. The number of aliphatic imine (C=N–C) groups is 1. The van der Waals surface area contributed by atoms with Crippen LogP contribution in [0.15, 0.2) is 11.2 Å². The van der Waals surface area contributed by atoms with Crippen LogP contribution < -0.4 is 5.32 Å². The number of aromatic nitrogens is 1. The summed E-state index contributed by atoms with van der Waals surface area (Å²) in [4.78, 5) is 12.6. The molecule has 154 valence electrons. The fourth-order valence-corrected chi connectivity index (χ4v) is 6.91. The molecule has 0 atom stereocenters. The number of nitrogens with one attached hydrogen (secondary N) is 1. The minimum atomic E-state index is -3.03. The third kappa shape index (κ3) is 5.14. The second kappa shape index (κ2) is 9.87. The largest absolute Gasteiger partial charge is 0.357 e. The van der Waals surface area contributed by atoms with E-state index in [0.717, 1.165) is 56.0 Å². The van der Waals surface area contributed by atoms with Gasteiger partial charge in [-0.25, -0.2) is 18.4 Å². The van der Waals surface area contributed by atoms with Crippen molar-refractivity contribution < 1.29 is 8.42 Å². The molecular weight excluding hydrogens is 495 g/mol. The average molecular weight is 527 g/mol. The van der Waals surface area contributed by atoms with Crippen LogP contribution in [0.2, 0.25) is 0 Å². The molecular formula is C18H31IN4O2S2. The first-order valence-electron chi connectivity index (χ1n) is 9.69. The van der Waals surface area contributed by atoms with Crippen LogP contribution in [0.25, 0.3) is 0 Å². The van der Waals surface area contributed by atoms with Crippen LogP contribution in [0.4, 0.5) is 0 Å². The molecule has 2 fully saturated rings. The van der Waals surface area contributed by atoms with Crippen molar-refractivity contribution in [1.82, 2.24) is 15.2 Å². The topological polar surface area (TPSA) is 74.7 Å². The van der Waals surface area contributed by atoms with E-state index in [9.17, 15) is 8.42 Å². The molecule has 1 aromatic heterocycles. The molecule has 0 amide bonds. The van der Waals surface area contributed by atoms with Gasteiger partial charge in [-0.1, -0.05) is 26.2 Å².